The molecule has 5 nitrogen and oxygen atoms in total. The van der Waals surface area contributed by atoms with E-state index in [-0.39, 0.29) is 0 Å². The van der Waals surface area contributed by atoms with Crippen LogP contribution in [0.3, 0.4) is 0 Å². The molecule has 0 radical (unpaired) electrons. The second kappa shape index (κ2) is 3.42. The maximum Gasteiger partial charge on any atom is 0.339 e. The van der Waals surface area contributed by atoms with Gasteiger partial charge in [0.1, 0.15) is 5.56 Å². The Hall–Kier alpha value is -1.36. The van der Waals surface area contributed by atoms with Crippen LogP contribution in [0.25, 0.3) is 0 Å². The molecule has 0 spiro atoms. The predicted molar refractivity (Wildman–Crippen MR) is 50.1 cm³/mol. The first-order valence-corrected chi connectivity index (χ1v) is 4.70. The molecule has 1 aromatic rings. The molecule has 0 saturated heterocycles. The molecule has 3 N–H and O–H groups in total. The Labute approximate surface area is 81.5 Å². The molecule has 1 unspecified atom stereocenters. The van der Waals surface area contributed by atoms with Gasteiger partial charge in [-0.05, 0) is 25.3 Å². The van der Waals surface area contributed by atoms with E-state index in [0.29, 0.717) is 18.0 Å². The number of hydrogen-bond donors (Lipinski definition) is 2. The maximum atomic E-state index is 10.8. The Morgan fingerprint density at radius 3 is 3.21 bits per heavy atom. The lowest BCUT2D eigenvalue weighted by Gasteiger charge is -2.22. The molecule has 14 heavy (non-hydrogen) atoms. The summed E-state index contributed by atoms with van der Waals surface area (Å²) in [5.74, 6) is -0.499. The molecule has 76 valence electrons. The molecule has 1 aromatic heterocycles. The van der Waals surface area contributed by atoms with Crippen LogP contribution in [0.4, 0.5) is 0 Å². The van der Waals surface area contributed by atoms with Crippen molar-refractivity contribution >= 4 is 5.97 Å². The van der Waals surface area contributed by atoms with Gasteiger partial charge in [-0.25, -0.2) is 4.79 Å². The van der Waals surface area contributed by atoms with Crippen molar-refractivity contribution in [1.82, 2.24) is 9.78 Å². The summed E-state index contributed by atoms with van der Waals surface area (Å²) >= 11 is 0. The van der Waals surface area contributed by atoms with Crippen LogP contribution < -0.4 is 5.73 Å². The van der Waals surface area contributed by atoms with Crippen LogP contribution in [0.15, 0.2) is 6.20 Å². The standard InChI is InChI=1S/C9H13N3O2/c10-4-6-1-2-12-8(3-6)7(5-11-12)9(13)14/h5-6H,1-4,10H2,(H,13,14). The molecule has 2 rings (SSSR count). The number of nitrogens with two attached hydrogens (primary N) is 1. The van der Waals surface area contributed by atoms with Crippen LogP contribution in [0.1, 0.15) is 22.5 Å². The van der Waals surface area contributed by atoms with Crippen molar-refractivity contribution < 1.29 is 9.90 Å². The quantitative estimate of drug-likeness (QED) is 0.701. The minimum absolute atomic E-state index is 0.322. The van der Waals surface area contributed by atoms with Crippen molar-refractivity contribution in [2.45, 2.75) is 19.4 Å². The Morgan fingerprint density at radius 2 is 2.57 bits per heavy atom. The lowest BCUT2D eigenvalue weighted by atomic mass is 9.95. The largest absolute Gasteiger partial charge is 0.478 e. The highest BCUT2D eigenvalue weighted by Crippen LogP contribution is 2.21. The summed E-state index contributed by atoms with van der Waals surface area (Å²) < 4.78 is 1.77. The number of aryl methyl sites for hydroxylation is 1. The fourth-order valence-electron chi connectivity index (χ4n) is 1.88. The SMILES string of the molecule is NCC1CCn2ncc(C(=O)O)c2C1. The smallest absolute Gasteiger partial charge is 0.339 e. The summed E-state index contributed by atoms with van der Waals surface area (Å²) in [4.78, 5) is 10.8. The third kappa shape index (κ3) is 1.39. The average Bonchev–Trinajstić information content (AvgIpc) is 2.59. The maximum absolute atomic E-state index is 10.8. The van der Waals surface area contributed by atoms with Gasteiger partial charge in [0.05, 0.1) is 11.9 Å². The Bertz CT molecular complexity index is 359. The minimum atomic E-state index is -0.899. The number of hydrogen-bond acceptors (Lipinski definition) is 3. The first-order valence-electron chi connectivity index (χ1n) is 4.70. The number of aromatic carboxylic acids is 1. The average molecular weight is 195 g/mol. The predicted octanol–water partition coefficient (Wildman–Crippen LogP) is 0.102. The van der Waals surface area contributed by atoms with Crippen molar-refractivity contribution in [3.8, 4) is 0 Å². The highest BCUT2D eigenvalue weighted by atomic mass is 16.4. The van der Waals surface area contributed by atoms with Crippen molar-refractivity contribution in [1.29, 1.82) is 0 Å². The van der Waals surface area contributed by atoms with Crippen LogP contribution in [0, 0.1) is 5.92 Å². The summed E-state index contributed by atoms with van der Waals surface area (Å²) in [6.07, 6.45) is 3.15. The summed E-state index contributed by atoms with van der Waals surface area (Å²) in [6.45, 7) is 1.40. The van der Waals surface area contributed by atoms with Crippen LogP contribution in [0.2, 0.25) is 0 Å². The van der Waals surface area contributed by atoms with Crippen LogP contribution in [0.5, 0.6) is 0 Å². The van der Waals surface area contributed by atoms with Gasteiger partial charge in [0, 0.05) is 6.54 Å². The van der Waals surface area contributed by atoms with E-state index in [0.717, 1.165) is 25.1 Å². The van der Waals surface area contributed by atoms with Gasteiger partial charge < -0.3 is 10.8 Å². The van der Waals surface area contributed by atoms with E-state index in [9.17, 15) is 4.79 Å². The van der Waals surface area contributed by atoms with Crippen molar-refractivity contribution in [3.63, 3.8) is 0 Å². The third-order valence-electron chi connectivity index (χ3n) is 2.74. The van der Waals surface area contributed by atoms with E-state index < -0.39 is 5.97 Å². The summed E-state index contributed by atoms with van der Waals surface area (Å²) in [6, 6.07) is 0. The Morgan fingerprint density at radius 1 is 1.79 bits per heavy atom. The molecule has 1 atom stereocenters. The normalized spacial score (nSPS) is 20.5. The van der Waals surface area contributed by atoms with Gasteiger partial charge in [0.15, 0.2) is 0 Å². The lowest BCUT2D eigenvalue weighted by molar-refractivity contribution is 0.0694. The molecule has 0 amide bonds. The van der Waals surface area contributed by atoms with E-state index in [2.05, 4.69) is 5.10 Å². The summed E-state index contributed by atoms with van der Waals surface area (Å²) in [7, 11) is 0. The molecule has 0 aromatic carbocycles. The van der Waals surface area contributed by atoms with Gasteiger partial charge in [0.25, 0.3) is 0 Å². The number of carbonyl (C=O) groups is 1. The van der Waals surface area contributed by atoms with E-state index in [1.165, 1.54) is 6.20 Å². The van der Waals surface area contributed by atoms with E-state index in [4.69, 9.17) is 10.8 Å². The number of rotatable bonds is 2. The van der Waals surface area contributed by atoms with Crippen LogP contribution in [-0.4, -0.2) is 27.4 Å². The molecule has 2 heterocycles. The summed E-state index contributed by atoms with van der Waals surface area (Å²) in [5, 5.41) is 12.9. The molecule has 1 aliphatic heterocycles. The molecular formula is C9H13N3O2. The second-order valence-corrected chi connectivity index (χ2v) is 3.63. The molecule has 0 bridgehead atoms. The zero-order valence-electron chi connectivity index (χ0n) is 7.81. The van der Waals surface area contributed by atoms with E-state index in [1.54, 1.807) is 4.68 Å². The number of aromatic nitrogens is 2. The zero-order valence-corrected chi connectivity index (χ0v) is 7.81. The highest BCUT2D eigenvalue weighted by Gasteiger charge is 2.23. The molecular weight excluding hydrogens is 182 g/mol. The number of nitrogens with zero attached hydrogens (tertiary/aromatic N) is 2. The minimum Gasteiger partial charge on any atom is -0.478 e. The molecule has 0 aliphatic carbocycles. The van der Waals surface area contributed by atoms with Gasteiger partial charge in [-0.1, -0.05) is 0 Å². The first kappa shape index (κ1) is 9.21. The Balaban J connectivity index is 2.32. The van der Waals surface area contributed by atoms with Crippen molar-refractivity contribution in [2.24, 2.45) is 11.7 Å². The van der Waals surface area contributed by atoms with Gasteiger partial charge in [-0.3, -0.25) is 4.68 Å². The van der Waals surface area contributed by atoms with Gasteiger partial charge in [-0.2, -0.15) is 5.10 Å². The van der Waals surface area contributed by atoms with Crippen LogP contribution >= 0.6 is 0 Å². The molecule has 5 heteroatoms. The first-order chi connectivity index (χ1) is 6.72. The molecule has 1 aliphatic rings. The zero-order chi connectivity index (χ0) is 10.1. The monoisotopic (exact) mass is 195 g/mol. The molecule has 0 fully saturated rings. The van der Waals surface area contributed by atoms with Gasteiger partial charge in [-0.15, -0.1) is 0 Å². The Kier molecular flexibility index (Phi) is 2.25. The number of fused-ring (bicyclic) bond motifs is 1. The summed E-state index contributed by atoms with van der Waals surface area (Å²) in [5.41, 5.74) is 6.72. The highest BCUT2D eigenvalue weighted by molar-refractivity contribution is 5.88. The van der Waals surface area contributed by atoms with E-state index >= 15 is 0 Å². The van der Waals surface area contributed by atoms with Gasteiger partial charge >= 0.3 is 5.97 Å². The second-order valence-electron chi connectivity index (χ2n) is 3.63. The fraction of sp³-hybridized carbons (Fsp3) is 0.556. The van der Waals surface area contributed by atoms with E-state index in [1.807, 2.05) is 0 Å². The van der Waals surface area contributed by atoms with Crippen LogP contribution in [-0.2, 0) is 13.0 Å². The van der Waals surface area contributed by atoms with Crippen molar-refractivity contribution in [2.75, 3.05) is 6.54 Å². The van der Waals surface area contributed by atoms with Gasteiger partial charge in [0.2, 0.25) is 0 Å². The third-order valence-corrected chi connectivity index (χ3v) is 2.74. The topological polar surface area (TPSA) is 81.1 Å². The number of carboxylic acids is 1. The van der Waals surface area contributed by atoms with Crippen molar-refractivity contribution in [3.05, 3.63) is 17.5 Å². The number of carboxylic acid groups (broad SMARTS) is 1. The lowest BCUT2D eigenvalue weighted by Crippen LogP contribution is -2.26. The fourth-order valence-corrected chi connectivity index (χ4v) is 1.88. The molecule has 0 saturated carbocycles.